The number of imidazole rings is 1. The fourth-order valence-corrected chi connectivity index (χ4v) is 4.75. The van der Waals surface area contributed by atoms with E-state index in [9.17, 15) is 9.90 Å². The molecular weight excluding hydrogens is 436 g/mol. The van der Waals surface area contributed by atoms with Crippen LogP contribution in [0.1, 0.15) is 46.8 Å². The largest absolute Gasteiger partial charge is 0.508 e. The molecule has 5 aromatic rings. The van der Waals surface area contributed by atoms with Gasteiger partial charge in [0.05, 0.1) is 23.1 Å². The van der Waals surface area contributed by atoms with Crippen LogP contribution in [0.3, 0.4) is 0 Å². The Morgan fingerprint density at radius 1 is 1.09 bits per heavy atom. The average molecular weight is 465 g/mol. The Balaban J connectivity index is 1.78. The highest BCUT2D eigenvalue weighted by Crippen LogP contribution is 2.36. The van der Waals surface area contributed by atoms with Crippen molar-refractivity contribution in [2.75, 3.05) is 0 Å². The molecule has 2 aromatic heterocycles. The van der Waals surface area contributed by atoms with E-state index in [0.717, 1.165) is 63.5 Å². The first kappa shape index (κ1) is 22.6. The lowest BCUT2D eigenvalue weighted by Gasteiger charge is -2.15. The minimum atomic E-state index is -0.472. The van der Waals surface area contributed by atoms with Crippen LogP contribution in [0, 0.1) is 6.92 Å². The molecule has 35 heavy (non-hydrogen) atoms. The summed E-state index contributed by atoms with van der Waals surface area (Å²) in [7, 11) is 0. The Hall–Kier alpha value is -4.19. The Morgan fingerprint density at radius 3 is 2.69 bits per heavy atom. The number of amides is 1. The SMILES string of the molecule is CCCCc1cccc(C(N)=O)c1-c1nc2ccccc2c2c1ncn2Cc1ccc(O)c(C)c1. The molecule has 0 saturated heterocycles. The number of carbonyl (C=O) groups is 1. The molecule has 0 unspecified atom stereocenters. The molecule has 0 bridgehead atoms. The maximum atomic E-state index is 12.5. The summed E-state index contributed by atoms with van der Waals surface area (Å²) >= 11 is 0. The average Bonchev–Trinajstić information content (AvgIpc) is 3.28. The smallest absolute Gasteiger partial charge is 0.249 e. The first-order chi connectivity index (χ1) is 17.0. The van der Waals surface area contributed by atoms with E-state index in [2.05, 4.69) is 17.6 Å². The van der Waals surface area contributed by atoms with Gasteiger partial charge in [0.15, 0.2) is 0 Å². The predicted molar refractivity (Wildman–Crippen MR) is 140 cm³/mol. The van der Waals surface area contributed by atoms with Crippen LogP contribution in [-0.4, -0.2) is 25.5 Å². The monoisotopic (exact) mass is 464 g/mol. The highest BCUT2D eigenvalue weighted by atomic mass is 16.3. The second-order valence-electron chi connectivity index (χ2n) is 8.98. The summed E-state index contributed by atoms with van der Waals surface area (Å²) in [4.78, 5) is 22.3. The molecule has 0 fully saturated rings. The number of rotatable bonds is 7. The standard InChI is InChI=1S/C29H28N4O2/c1-3-4-8-20-9-7-11-22(29(30)35)25(20)26-27-28(21-10-5-6-12-23(21)32-26)33(17-31-27)16-19-13-14-24(34)18(2)15-19/h5-7,9-15,17,34H,3-4,8,16H2,1-2H3,(H2,30,35). The van der Waals surface area contributed by atoms with Crippen LogP contribution in [0.4, 0.5) is 0 Å². The molecule has 0 aliphatic heterocycles. The number of hydrogen-bond acceptors (Lipinski definition) is 4. The van der Waals surface area contributed by atoms with Crippen LogP contribution in [0.2, 0.25) is 0 Å². The number of primary amides is 1. The second kappa shape index (κ2) is 9.22. The molecule has 0 saturated carbocycles. The number of phenolic OH excluding ortho intramolecular Hbond substituents is 1. The number of benzene rings is 3. The predicted octanol–water partition coefficient (Wildman–Crippen LogP) is 5.76. The molecule has 6 nitrogen and oxygen atoms in total. The third-order valence-corrected chi connectivity index (χ3v) is 6.52. The van der Waals surface area contributed by atoms with Crippen molar-refractivity contribution in [3.8, 4) is 17.0 Å². The van der Waals surface area contributed by atoms with Gasteiger partial charge < -0.3 is 15.4 Å². The molecule has 0 atom stereocenters. The van der Waals surface area contributed by atoms with Crippen LogP contribution in [0.15, 0.2) is 67.0 Å². The normalized spacial score (nSPS) is 11.4. The van der Waals surface area contributed by atoms with Crippen molar-refractivity contribution in [1.82, 2.24) is 14.5 Å². The lowest BCUT2D eigenvalue weighted by Crippen LogP contribution is -2.14. The second-order valence-corrected chi connectivity index (χ2v) is 8.98. The molecule has 0 aliphatic carbocycles. The molecule has 5 rings (SSSR count). The molecule has 176 valence electrons. The first-order valence-corrected chi connectivity index (χ1v) is 11.9. The van der Waals surface area contributed by atoms with Gasteiger partial charge in [-0.15, -0.1) is 0 Å². The Kier molecular flexibility index (Phi) is 5.95. The number of nitrogens with zero attached hydrogens (tertiary/aromatic N) is 3. The molecule has 1 amide bonds. The number of para-hydroxylation sites is 1. The number of aryl methyl sites for hydroxylation is 2. The van der Waals surface area contributed by atoms with Crippen molar-refractivity contribution < 1.29 is 9.90 Å². The Bertz CT molecular complexity index is 1570. The van der Waals surface area contributed by atoms with E-state index in [1.54, 1.807) is 12.1 Å². The summed E-state index contributed by atoms with van der Waals surface area (Å²) in [6.07, 6.45) is 4.70. The maximum absolute atomic E-state index is 12.5. The zero-order valence-corrected chi connectivity index (χ0v) is 20.0. The van der Waals surface area contributed by atoms with Crippen molar-refractivity contribution >= 4 is 27.8 Å². The lowest BCUT2D eigenvalue weighted by molar-refractivity contribution is 0.100. The zero-order valence-electron chi connectivity index (χ0n) is 20.0. The van der Waals surface area contributed by atoms with Gasteiger partial charge in [0.25, 0.3) is 0 Å². The van der Waals surface area contributed by atoms with E-state index in [4.69, 9.17) is 15.7 Å². The molecule has 0 radical (unpaired) electrons. The Labute approximate surface area is 204 Å². The van der Waals surface area contributed by atoms with Gasteiger partial charge in [-0.1, -0.05) is 55.8 Å². The van der Waals surface area contributed by atoms with Crippen LogP contribution < -0.4 is 5.73 Å². The number of phenols is 1. The topological polar surface area (TPSA) is 94.0 Å². The minimum absolute atomic E-state index is 0.281. The zero-order chi connectivity index (χ0) is 24.5. The number of hydrogen-bond donors (Lipinski definition) is 2. The number of aromatic hydroxyl groups is 1. The molecule has 0 aliphatic rings. The van der Waals surface area contributed by atoms with Crippen molar-refractivity contribution in [1.29, 1.82) is 0 Å². The summed E-state index contributed by atoms with van der Waals surface area (Å²) in [5, 5.41) is 10.9. The van der Waals surface area contributed by atoms with Gasteiger partial charge in [0, 0.05) is 23.1 Å². The molecule has 3 aromatic carbocycles. The summed E-state index contributed by atoms with van der Waals surface area (Å²) in [5.74, 6) is -0.190. The number of carbonyl (C=O) groups excluding carboxylic acids is 1. The number of aromatic nitrogens is 3. The summed E-state index contributed by atoms with van der Waals surface area (Å²) in [6.45, 7) is 4.63. The third-order valence-electron chi connectivity index (χ3n) is 6.52. The third kappa shape index (κ3) is 4.12. The fraction of sp³-hybridized carbons (Fsp3) is 0.207. The van der Waals surface area contributed by atoms with Gasteiger partial charge in [0.2, 0.25) is 5.91 Å². The van der Waals surface area contributed by atoms with E-state index in [0.29, 0.717) is 17.8 Å². The number of unbranched alkanes of at least 4 members (excludes halogenated alkanes) is 1. The van der Waals surface area contributed by atoms with Gasteiger partial charge in [-0.2, -0.15) is 0 Å². The minimum Gasteiger partial charge on any atom is -0.508 e. The van der Waals surface area contributed by atoms with Gasteiger partial charge in [-0.3, -0.25) is 4.79 Å². The van der Waals surface area contributed by atoms with E-state index in [1.165, 1.54) is 0 Å². The molecular formula is C29H28N4O2. The van der Waals surface area contributed by atoms with Gasteiger partial charge in [-0.05, 0) is 54.7 Å². The maximum Gasteiger partial charge on any atom is 0.249 e. The quantitative estimate of drug-likeness (QED) is 0.320. The van der Waals surface area contributed by atoms with Crippen molar-refractivity contribution in [2.24, 2.45) is 5.73 Å². The summed E-state index contributed by atoms with van der Waals surface area (Å²) in [6, 6.07) is 19.3. The van der Waals surface area contributed by atoms with Crippen molar-refractivity contribution in [2.45, 2.75) is 39.7 Å². The van der Waals surface area contributed by atoms with Crippen LogP contribution in [0.5, 0.6) is 5.75 Å². The lowest BCUT2D eigenvalue weighted by atomic mass is 9.93. The van der Waals surface area contributed by atoms with Crippen molar-refractivity contribution in [3.63, 3.8) is 0 Å². The van der Waals surface area contributed by atoms with Gasteiger partial charge in [-0.25, -0.2) is 9.97 Å². The van der Waals surface area contributed by atoms with Crippen molar-refractivity contribution in [3.05, 3.63) is 89.2 Å². The Morgan fingerprint density at radius 2 is 1.91 bits per heavy atom. The van der Waals surface area contributed by atoms with Crippen LogP contribution in [0.25, 0.3) is 33.2 Å². The number of nitrogens with two attached hydrogens (primary N) is 1. The first-order valence-electron chi connectivity index (χ1n) is 11.9. The molecule has 0 spiro atoms. The molecule has 3 N–H and O–H groups in total. The highest BCUT2D eigenvalue weighted by Gasteiger charge is 2.22. The summed E-state index contributed by atoms with van der Waals surface area (Å²) < 4.78 is 2.10. The van der Waals surface area contributed by atoms with Crippen LogP contribution in [-0.2, 0) is 13.0 Å². The van der Waals surface area contributed by atoms with Crippen LogP contribution >= 0.6 is 0 Å². The number of pyridine rings is 1. The molecule has 2 heterocycles. The van der Waals surface area contributed by atoms with E-state index < -0.39 is 5.91 Å². The summed E-state index contributed by atoms with van der Waals surface area (Å²) in [5.41, 5.74) is 13.2. The van der Waals surface area contributed by atoms with E-state index in [1.807, 2.05) is 55.7 Å². The van der Waals surface area contributed by atoms with Gasteiger partial charge in [0.1, 0.15) is 11.3 Å². The van der Waals surface area contributed by atoms with E-state index in [-0.39, 0.29) is 5.75 Å². The highest BCUT2D eigenvalue weighted by molar-refractivity contribution is 6.10. The number of fused-ring (bicyclic) bond motifs is 3. The van der Waals surface area contributed by atoms with E-state index >= 15 is 0 Å². The van der Waals surface area contributed by atoms with Gasteiger partial charge >= 0.3 is 0 Å². The molecule has 6 heteroatoms. The fourth-order valence-electron chi connectivity index (χ4n) is 4.75.